The molecule has 0 rings (SSSR count). The van der Waals surface area contributed by atoms with Gasteiger partial charge in [-0.15, -0.1) is 0 Å². The van der Waals surface area contributed by atoms with Crippen molar-refractivity contribution in [1.82, 2.24) is 4.72 Å². The van der Waals surface area contributed by atoms with Crippen molar-refractivity contribution in [2.75, 3.05) is 17.9 Å². The monoisotopic (exact) mass is 287 g/mol. The van der Waals surface area contributed by atoms with E-state index >= 15 is 0 Å². The maximum atomic E-state index is 11.4. The molecule has 0 saturated heterocycles. The molecule has 104 valence electrons. The summed E-state index contributed by atoms with van der Waals surface area (Å²) in [7, 11) is -7.51. The van der Waals surface area contributed by atoms with Gasteiger partial charge in [0.15, 0.2) is 14.9 Å². The number of hydrogen-bond acceptors (Lipinski definition) is 5. The number of nitrogens with one attached hydrogen (secondary N) is 1. The highest BCUT2D eigenvalue weighted by Crippen LogP contribution is 2.15. The van der Waals surface area contributed by atoms with E-state index in [1.54, 1.807) is 0 Å². The summed E-state index contributed by atoms with van der Waals surface area (Å²) in [5, 5.41) is 8.91. The molecular weight excluding hydrogens is 266 g/mol. The number of rotatable bonds is 7. The number of sulfone groups is 1. The van der Waals surface area contributed by atoms with Crippen LogP contribution in [-0.2, 0) is 19.9 Å². The van der Waals surface area contributed by atoms with Crippen LogP contribution in [0.4, 0.5) is 0 Å². The molecule has 1 atom stereocenters. The SMILES string of the molecule is CC(C)CC(C)(O)CNS(=O)(=O)CS(C)(=O)=O. The highest BCUT2D eigenvalue weighted by molar-refractivity contribution is 8.06. The van der Waals surface area contributed by atoms with Gasteiger partial charge in [-0.05, 0) is 19.3 Å². The molecule has 0 amide bonds. The lowest BCUT2D eigenvalue weighted by Crippen LogP contribution is -2.43. The van der Waals surface area contributed by atoms with Gasteiger partial charge in [-0.3, -0.25) is 0 Å². The van der Waals surface area contributed by atoms with Crippen LogP contribution in [0.2, 0.25) is 0 Å². The highest BCUT2D eigenvalue weighted by Gasteiger charge is 2.26. The fourth-order valence-electron chi connectivity index (χ4n) is 1.54. The van der Waals surface area contributed by atoms with E-state index in [1.807, 2.05) is 13.8 Å². The Morgan fingerprint density at radius 3 is 2.06 bits per heavy atom. The van der Waals surface area contributed by atoms with Crippen LogP contribution in [0, 0.1) is 5.92 Å². The molecule has 0 aromatic carbocycles. The molecule has 17 heavy (non-hydrogen) atoms. The molecule has 0 aliphatic rings. The van der Waals surface area contributed by atoms with Crippen molar-refractivity contribution < 1.29 is 21.9 Å². The van der Waals surface area contributed by atoms with Crippen molar-refractivity contribution in [2.45, 2.75) is 32.8 Å². The molecule has 0 aliphatic carbocycles. The first-order valence-corrected chi connectivity index (χ1v) is 8.92. The van der Waals surface area contributed by atoms with Gasteiger partial charge in [0, 0.05) is 12.8 Å². The zero-order chi connectivity index (χ0) is 13.9. The van der Waals surface area contributed by atoms with Gasteiger partial charge in [-0.25, -0.2) is 21.6 Å². The van der Waals surface area contributed by atoms with E-state index < -0.39 is 30.5 Å². The molecule has 0 aromatic heterocycles. The minimum atomic E-state index is -3.91. The van der Waals surface area contributed by atoms with Gasteiger partial charge < -0.3 is 5.11 Å². The molecule has 0 aromatic rings. The van der Waals surface area contributed by atoms with Crippen LogP contribution < -0.4 is 4.72 Å². The molecule has 0 heterocycles. The molecule has 6 nitrogen and oxygen atoms in total. The summed E-state index contributed by atoms with van der Waals surface area (Å²) in [6.07, 6.45) is 1.27. The normalized spacial score (nSPS) is 17.1. The van der Waals surface area contributed by atoms with Gasteiger partial charge in [-0.1, -0.05) is 13.8 Å². The van der Waals surface area contributed by atoms with Gasteiger partial charge >= 0.3 is 0 Å². The van der Waals surface area contributed by atoms with Crippen LogP contribution in [0.25, 0.3) is 0 Å². The van der Waals surface area contributed by atoms with Gasteiger partial charge in [0.25, 0.3) is 0 Å². The first-order valence-electron chi connectivity index (χ1n) is 5.20. The second-order valence-corrected chi connectivity index (χ2v) is 9.39. The van der Waals surface area contributed by atoms with E-state index in [4.69, 9.17) is 0 Å². The topological polar surface area (TPSA) is 101 Å². The highest BCUT2D eigenvalue weighted by atomic mass is 32.3. The molecule has 0 spiro atoms. The van der Waals surface area contributed by atoms with Crippen LogP contribution in [0.1, 0.15) is 27.2 Å². The van der Waals surface area contributed by atoms with Crippen molar-refractivity contribution in [1.29, 1.82) is 0 Å². The van der Waals surface area contributed by atoms with Crippen molar-refractivity contribution in [3.8, 4) is 0 Å². The first-order chi connectivity index (χ1) is 7.33. The zero-order valence-corrected chi connectivity index (χ0v) is 12.2. The number of hydrogen-bond donors (Lipinski definition) is 2. The average molecular weight is 287 g/mol. The fraction of sp³-hybridized carbons (Fsp3) is 1.00. The minimum absolute atomic E-state index is 0.191. The first kappa shape index (κ1) is 16.8. The van der Waals surface area contributed by atoms with E-state index in [0.29, 0.717) is 6.42 Å². The molecule has 0 bridgehead atoms. The fourth-order valence-corrected chi connectivity index (χ4v) is 4.66. The van der Waals surface area contributed by atoms with Crippen LogP contribution in [0.15, 0.2) is 0 Å². The predicted octanol–water partition coefficient (Wildman–Crippen LogP) is -0.295. The molecule has 2 N–H and O–H groups in total. The van der Waals surface area contributed by atoms with E-state index in [2.05, 4.69) is 4.72 Å². The summed E-state index contributed by atoms with van der Waals surface area (Å²) in [5.41, 5.74) is -1.18. The zero-order valence-electron chi connectivity index (χ0n) is 10.6. The summed E-state index contributed by atoms with van der Waals surface area (Å²) < 4.78 is 46.6. The Morgan fingerprint density at radius 2 is 1.71 bits per heavy atom. The molecular formula is C9H21NO5S2. The van der Waals surface area contributed by atoms with E-state index in [1.165, 1.54) is 6.92 Å². The van der Waals surface area contributed by atoms with Crippen molar-refractivity contribution in [3.63, 3.8) is 0 Å². The number of aliphatic hydroxyl groups is 1. The van der Waals surface area contributed by atoms with E-state index in [-0.39, 0.29) is 12.5 Å². The van der Waals surface area contributed by atoms with Crippen LogP contribution >= 0.6 is 0 Å². The quantitative estimate of drug-likeness (QED) is 0.670. The summed E-state index contributed by atoms with van der Waals surface area (Å²) in [4.78, 5) is 0. The summed E-state index contributed by atoms with van der Waals surface area (Å²) in [6, 6.07) is 0. The lowest BCUT2D eigenvalue weighted by atomic mass is 9.95. The Hall–Kier alpha value is -0.180. The third-order valence-corrected chi connectivity index (χ3v) is 5.43. The molecule has 0 saturated carbocycles. The van der Waals surface area contributed by atoms with Crippen LogP contribution in [0.5, 0.6) is 0 Å². The maximum absolute atomic E-state index is 11.4. The van der Waals surface area contributed by atoms with Crippen LogP contribution in [0.3, 0.4) is 0 Å². The van der Waals surface area contributed by atoms with Gasteiger partial charge in [0.1, 0.15) is 0 Å². The Morgan fingerprint density at radius 1 is 1.24 bits per heavy atom. The van der Waals surface area contributed by atoms with Crippen molar-refractivity contribution in [3.05, 3.63) is 0 Å². The molecule has 0 aliphatic heterocycles. The number of sulfonamides is 1. The molecule has 1 unspecified atom stereocenters. The lowest BCUT2D eigenvalue weighted by Gasteiger charge is -2.25. The lowest BCUT2D eigenvalue weighted by molar-refractivity contribution is 0.0437. The van der Waals surface area contributed by atoms with Gasteiger partial charge in [-0.2, -0.15) is 0 Å². The Labute approximate surface area is 103 Å². The van der Waals surface area contributed by atoms with E-state index in [0.717, 1.165) is 6.26 Å². The van der Waals surface area contributed by atoms with Crippen molar-refractivity contribution >= 4 is 19.9 Å². The molecule has 0 fully saturated rings. The largest absolute Gasteiger partial charge is 0.389 e. The third-order valence-electron chi connectivity index (χ3n) is 1.89. The Kier molecular flexibility index (Phi) is 5.58. The molecule has 0 radical (unpaired) electrons. The Bertz CT molecular complexity index is 436. The van der Waals surface area contributed by atoms with Gasteiger partial charge in [0.2, 0.25) is 10.0 Å². The molecule has 8 heteroatoms. The van der Waals surface area contributed by atoms with E-state index in [9.17, 15) is 21.9 Å². The summed E-state index contributed by atoms with van der Waals surface area (Å²) >= 11 is 0. The third kappa shape index (κ3) is 9.51. The average Bonchev–Trinajstić information content (AvgIpc) is 1.94. The minimum Gasteiger partial charge on any atom is -0.389 e. The summed E-state index contributed by atoms with van der Waals surface area (Å²) in [5.74, 6) is 0.212. The Balaban J connectivity index is 4.47. The van der Waals surface area contributed by atoms with Gasteiger partial charge in [0.05, 0.1) is 5.60 Å². The van der Waals surface area contributed by atoms with Crippen molar-refractivity contribution in [2.24, 2.45) is 5.92 Å². The predicted molar refractivity (Wildman–Crippen MR) is 66.7 cm³/mol. The van der Waals surface area contributed by atoms with Crippen LogP contribution in [-0.4, -0.2) is 45.4 Å². The standard InChI is InChI=1S/C9H21NO5S2/c1-8(2)5-9(3,11)6-10-17(14,15)7-16(4,12)13/h8,10-11H,5-7H2,1-4H3. The maximum Gasteiger partial charge on any atom is 0.226 e. The second kappa shape index (κ2) is 5.64. The smallest absolute Gasteiger partial charge is 0.226 e. The second-order valence-electron chi connectivity index (χ2n) is 5.07. The summed E-state index contributed by atoms with van der Waals surface area (Å²) in [6.45, 7) is 5.12.